The molecule has 132 valence electrons. The number of hydrogen-bond acceptors (Lipinski definition) is 4. The van der Waals surface area contributed by atoms with E-state index >= 15 is 0 Å². The average Bonchev–Trinajstić information content (AvgIpc) is 3.29. The summed E-state index contributed by atoms with van der Waals surface area (Å²) < 4.78 is 0. The minimum atomic E-state index is -0.0949. The second-order valence-corrected chi connectivity index (χ2v) is 7.26. The minimum Gasteiger partial charge on any atom is -0.348 e. The quantitative estimate of drug-likeness (QED) is 0.714. The lowest BCUT2D eigenvalue weighted by atomic mass is 10.1. The predicted molar refractivity (Wildman–Crippen MR) is 101 cm³/mol. The van der Waals surface area contributed by atoms with Gasteiger partial charge in [0.05, 0.1) is 0 Å². The van der Waals surface area contributed by atoms with Gasteiger partial charge in [0, 0.05) is 35.1 Å². The Kier molecular flexibility index (Phi) is 6.19. The van der Waals surface area contributed by atoms with Crippen molar-refractivity contribution in [3.8, 4) is 0 Å². The number of hydrogen-bond donors (Lipinski definition) is 3. The van der Waals surface area contributed by atoms with Crippen LogP contribution >= 0.6 is 11.3 Å². The van der Waals surface area contributed by atoms with Gasteiger partial charge in [-0.25, -0.2) is 0 Å². The topological polar surface area (TPSA) is 70.2 Å². The van der Waals surface area contributed by atoms with E-state index < -0.39 is 0 Å². The molecule has 1 aliphatic rings. The van der Waals surface area contributed by atoms with E-state index in [1.807, 2.05) is 17.5 Å². The maximum atomic E-state index is 12.3. The molecule has 6 heteroatoms. The first kappa shape index (κ1) is 17.6. The molecule has 2 aromatic rings. The van der Waals surface area contributed by atoms with Crippen LogP contribution in [0.15, 0.2) is 41.8 Å². The first-order chi connectivity index (χ1) is 12.2. The third-order valence-corrected chi connectivity index (χ3v) is 5.15. The summed E-state index contributed by atoms with van der Waals surface area (Å²) >= 11 is 1.72. The summed E-state index contributed by atoms with van der Waals surface area (Å²) in [4.78, 5) is 25.7. The SMILES string of the molecule is O=C(CCCc1cccs1)Nc1cccc(C(=O)NC2CCNC2)c1. The molecule has 1 atom stereocenters. The third kappa shape index (κ3) is 5.41. The van der Waals surface area contributed by atoms with Crippen LogP contribution < -0.4 is 16.0 Å². The van der Waals surface area contributed by atoms with Crippen LogP contribution in [0.4, 0.5) is 5.69 Å². The molecule has 0 aliphatic carbocycles. The summed E-state index contributed by atoms with van der Waals surface area (Å²) in [5.74, 6) is -0.114. The van der Waals surface area contributed by atoms with Crippen molar-refractivity contribution < 1.29 is 9.59 Å². The van der Waals surface area contributed by atoms with E-state index in [1.54, 1.807) is 29.5 Å². The van der Waals surface area contributed by atoms with Crippen LogP contribution in [0.1, 0.15) is 34.5 Å². The molecule has 0 bridgehead atoms. The summed E-state index contributed by atoms with van der Waals surface area (Å²) in [6.45, 7) is 1.75. The molecule has 25 heavy (non-hydrogen) atoms. The van der Waals surface area contributed by atoms with E-state index in [1.165, 1.54) is 4.88 Å². The fourth-order valence-corrected chi connectivity index (χ4v) is 3.64. The molecule has 1 saturated heterocycles. The summed E-state index contributed by atoms with van der Waals surface area (Å²) in [6.07, 6.45) is 3.17. The average molecular weight is 357 g/mol. The largest absolute Gasteiger partial charge is 0.348 e. The number of rotatable bonds is 7. The minimum absolute atomic E-state index is 0.0193. The molecule has 3 N–H and O–H groups in total. The van der Waals surface area contributed by atoms with E-state index in [4.69, 9.17) is 0 Å². The normalized spacial score (nSPS) is 16.6. The summed E-state index contributed by atoms with van der Waals surface area (Å²) in [7, 11) is 0. The Balaban J connectivity index is 1.48. The molecule has 1 unspecified atom stereocenters. The molecule has 2 amide bonds. The molecule has 1 aromatic carbocycles. The second kappa shape index (κ2) is 8.78. The highest BCUT2D eigenvalue weighted by Crippen LogP contribution is 2.14. The molecular formula is C19H23N3O2S. The Bertz CT molecular complexity index is 709. The van der Waals surface area contributed by atoms with Gasteiger partial charge in [0.2, 0.25) is 5.91 Å². The monoisotopic (exact) mass is 357 g/mol. The predicted octanol–water partition coefficient (Wildman–Crippen LogP) is 2.80. The van der Waals surface area contributed by atoms with Crippen molar-refractivity contribution in [2.24, 2.45) is 0 Å². The van der Waals surface area contributed by atoms with E-state index in [0.717, 1.165) is 32.4 Å². The Morgan fingerprint density at radius 2 is 2.16 bits per heavy atom. The number of anilines is 1. The summed E-state index contributed by atoms with van der Waals surface area (Å²) in [5, 5.41) is 11.2. The van der Waals surface area contributed by atoms with Crippen molar-refractivity contribution in [1.29, 1.82) is 0 Å². The van der Waals surface area contributed by atoms with Crippen molar-refractivity contribution in [3.63, 3.8) is 0 Å². The van der Waals surface area contributed by atoms with Crippen LogP contribution in [0, 0.1) is 0 Å². The van der Waals surface area contributed by atoms with Gasteiger partial charge in [0.15, 0.2) is 0 Å². The van der Waals surface area contributed by atoms with Crippen molar-refractivity contribution in [2.45, 2.75) is 31.7 Å². The highest BCUT2D eigenvalue weighted by atomic mass is 32.1. The third-order valence-electron chi connectivity index (χ3n) is 4.21. The van der Waals surface area contributed by atoms with Crippen LogP contribution in [0.3, 0.4) is 0 Å². The van der Waals surface area contributed by atoms with E-state index in [9.17, 15) is 9.59 Å². The number of nitrogens with one attached hydrogen (secondary N) is 3. The number of carbonyl (C=O) groups excluding carboxylic acids is 2. The molecule has 0 spiro atoms. The Morgan fingerprint density at radius 1 is 1.24 bits per heavy atom. The highest BCUT2D eigenvalue weighted by Gasteiger charge is 2.17. The molecule has 1 aromatic heterocycles. The fourth-order valence-electron chi connectivity index (χ4n) is 2.89. The number of carbonyl (C=O) groups is 2. The number of amides is 2. The molecule has 5 nitrogen and oxygen atoms in total. The molecule has 1 aliphatic heterocycles. The number of benzene rings is 1. The van der Waals surface area contributed by atoms with Gasteiger partial charge in [-0.15, -0.1) is 11.3 Å². The van der Waals surface area contributed by atoms with Crippen molar-refractivity contribution in [2.75, 3.05) is 18.4 Å². The van der Waals surface area contributed by atoms with Crippen molar-refractivity contribution in [3.05, 3.63) is 52.2 Å². The second-order valence-electron chi connectivity index (χ2n) is 6.23. The molecule has 0 radical (unpaired) electrons. The standard InChI is InChI=1S/C19H23N3O2S/c23-18(8-2-6-17-7-3-11-25-17)21-15-5-1-4-14(12-15)19(24)22-16-9-10-20-13-16/h1,3-5,7,11-12,16,20H,2,6,8-10,13H2,(H,21,23)(H,22,24). The van der Waals surface area contributed by atoms with Crippen molar-refractivity contribution in [1.82, 2.24) is 10.6 Å². The lowest BCUT2D eigenvalue weighted by molar-refractivity contribution is -0.116. The highest BCUT2D eigenvalue weighted by molar-refractivity contribution is 7.09. The molecular weight excluding hydrogens is 334 g/mol. The van der Waals surface area contributed by atoms with Crippen LogP contribution in [-0.2, 0) is 11.2 Å². The zero-order valence-electron chi connectivity index (χ0n) is 14.1. The van der Waals surface area contributed by atoms with Gasteiger partial charge >= 0.3 is 0 Å². The summed E-state index contributed by atoms with van der Waals surface area (Å²) in [5.41, 5.74) is 1.24. The molecule has 1 fully saturated rings. The summed E-state index contributed by atoms with van der Waals surface area (Å²) in [6, 6.07) is 11.4. The number of thiophene rings is 1. The molecule has 3 rings (SSSR count). The lowest BCUT2D eigenvalue weighted by Gasteiger charge is -2.12. The Morgan fingerprint density at radius 3 is 2.92 bits per heavy atom. The first-order valence-electron chi connectivity index (χ1n) is 8.64. The van der Waals surface area contributed by atoms with Gasteiger partial charge in [-0.05, 0) is 55.5 Å². The van der Waals surface area contributed by atoms with E-state index in [0.29, 0.717) is 17.7 Å². The van der Waals surface area contributed by atoms with Gasteiger partial charge in [-0.2, -0.15) is 0 Å². The maximum Gasteiger partial charge on any atom is 0.251 e. The zero-order chi connectivity index (χ0) is 17.5. The van der Waals surface area contributed by atoms with Gasteiger partial charge < -0.3 is 16.0 Å². The lowest BCUT2D eigenvalue weighted by Crippen LogP contribution is -2.36. The smallest absolute Gasteiger partial charge is 0.251 e. The van der Waals surface area contributed by atoms with E-state index in [-0.39, 0.29) is 17.9 Å². The van der Waals surface area contributed by atoms with Crippen LogP contribution in [0.2, 0.25) is 0 Å². The van der Waals surface area contributed by atoms with Gasteiger partial charge in [-0.3, -0.25) is 9.59 Å². The van der Waals surface area contributed by atoms with Crippen LogP contribution in [0.5, 0.6) is 0 Å². The maximum absolute atomic E-state index is 12.3. The Labute approximate surface area is 151 Å². The molecule has 2 heterocycles. The van der Waals surface area contributed by atoms with Gasteiger partial charge in [-0.1, -0.05) is 12.1 Å². The molecule has 0 saturated carbocycles. The number of aryl methyl sites for hydroxylation is 1. The van der Waals surface area contributed by atoms with Crippen LogP contribution in [-0.4, -0.2) is 30.9 Å². The fraction of sp³-hybridized carbons (Fsp3) is 0.368. The van der Waals surface area contributed by atoms with Crippen LogP contribution in [0.25, 0.3) is 0 Å². The van der Waals surface area contributed by atoms with Crippen molar-refractivity contribution >= 4 is 28.8 Å². The zero-order valence-corrected chi connectivity index (χ0v) is 14.9. The first-order valence-corrected chi connectivity index (χ1v) is 9.52. The Hall–Kier alpha value is -2.18. The van der Waals surface area contributed by atoms with Gasteiger partial charge in [0.1, 0.15) is 0 Å². The van der Waals surface area contributed by atoms with E-state index in [2.05, 4.69) is 22.0 Å². The van der Waals surface area contributed by atoms with Gasteiger partial charge in [0.25, 0.3) is 5.91 Å².